The van der Waals surface area contributed by atoms with E-state index in [4.69, 9.17) is 12.2 Å². The zero-order chi connectivity index (χ0) is 15.8. The van der Waals surface area contributed by atoms with E-state index < -0.39 is 0 Å². The lowest BCUT2D eigenvalue weighted by atomic mass is 9.86. The van der Waals surface area contributed by atoms with Gasteiger partial charge in [-0.3, -0.25) is 4.79 Å². The first-order valence-electron chi connectivity index (χ1n) is 8.02. The van der Waals surface area contributed by atoms with Crippen LogP contribution in [0.4, 0.5) is 5.69 Å². The minimum atomic E-state index is 0.106. The van der Waals surface area contributed by atoms with Crippen LogP contribution in [0.15, 0.2) is 53.3 Å². The van der Waals surface area contributed by atoms with Gasteiger partial charge in [0.2, 0.25) is 0 Å². The normalized spacial score (nSPS) is 22.3. The van der Waals surface area contributed by atoms with Crippen molar-refractivity contribution in [3.63, 3.8) is 0 Å². The zero-order valence-electron chi connectivity index (χ0n) is 12.8. The summed E-state index contributed by atoms with van der Waals surface area (Å²) in [5.41, 5.74) is 2.28. The lowest BCUT2D eigenvalue weighted by molar-refractivity contribution is 0.163. The molecule has 2 atom stereocenters. The van der Waals surface area contributed by atoms with Gasteiger partial charge in [-0.15, -0.1) is 0 Å². The summed E-state index contributed by atoms with van der Waals surface area (Å²) in [6, 6.07) is 15.8. The third-order valence-electron chi connectivity index (χ3n) is 4.76. The number of rotatable bonds is 1. The third-order valence-corrected chi connectivity index (χ3v) is 5.12. The molecule has 3 heterocycles. The smallest absolute Gasteiger partial charge is 0.251 e. The molecule has 2 aromatic rings. The van der Waals surface area contributed by atoms with E-state index in [0.717, 1.165) is 36.7 Å². The number of thiocarbonyl (C=S) groups is 1. The monoisotopic (exact) mass is 325 g/mol. The topological polar surface area (TPSA) is 37.3 Å². The van der Waals surface area contributed by atoms with Crippen LogP contribution in [0.5, 0.6) is 0 Å². The number of nitrogens with one attached hydrogen (secondary N) is 1. The fourth-order valence-electron chi connectivity index (χ4n) is 3.82. The molecule has 2 aliphatic heterocycles. The highest BCUT2D eigenvalue weighted by Crippen LogP contribution is 2.33. The average molecular weight is 325 g/mol. The largest absolute Gasteiger partial charge is 0.347 e. The van der Waals surface area contributed by atoms with Crippen molar-refractivity contribution in [2.45, 2.75) is 18.9 Å². The average Bonchev–Trinajstić information content (AvgIpc) is 2.55. The van der Waals surface area contributed by atoms with E-state index in [9.17, 15) is 4.79 Å². The summed E-state index contributed by atoms with van der Waals surface area (Å²) in [6.07, 6.45) is 2.03. The highest BCUT2D eigenvalue weighted by atomic mass is 32.1. The van der Waals surface area contributed by atoms with Crippen molar-refractivity contribution in [1.29, 1.82) is 0 Å². The van der Waals surface area contributed by atoms with Crippen molar-refractivity contribution in [1.82, 2.24) is 9.47 Å². The molecule has 0 radical (unpaired) electrons. The van der Waals surface area contributed by atoms with Crippen molar-refractivity contribution in [2.24, 2.45) is 5.92 Å². The third kappa shape index (κ3) is 2.77. The summed E-state index contributed by atoms with van der Waals surface area (Å²) >= 11 is 5.59. The second-order valence-electron chi connectivity index (χ2n) is 6.39. The van der Waals surface area contributed by atoms with Crippen molar-refractivity contribution < 1.29 is 0 Å². The Morgan fingerprint density at radius 2 is 1.91 bits per heavy atom. The van der Waals surface area contributed by atoms with E-state index >= 15 is 0 Å². The number of nitrogens with zero attached hydrogens (tertiary/aromatic N) is 2. The Morgan fingerprint density at radius 3 is 2.74 bits per heavy atom. The van der Waals surface area contributed by atoms with Gasteiger partial charge in [0.25, 0.3) is 5.56 Å². The van der Waals surface area contributed by atoms with Gasteiger partial charge in [-0.25, -0.2) is 0 Å². The van der Waals surface area contributed by atoms with Crippen LogP contribution in [-0.2, 0) is 6.42 Å². The van der Waals surface area contributed by atoms with Gasteiger partial charge in [0.15, 0.2) is 5.11 Å². The van der Waals surface area contributed by atoms with E-state index in [1.54, 1.807) is 6.07 Å². The first-order chi connectivity index (χ1) is 11.2. The van der Waals surface area contributed by atoms with E-state index in [1.807, 2.05) is 41.0 Å². The van der Waals surface area contributed by atoms with Crippen molar-refractivity contribution >= 4 is 23.0 Å². The quantitative estimate of drug-likeness (QED) is 0.818. The van der Waals surface area contributed by atoms with E-state index in [2.05, 4.69) is 16.3 Å². The van der Waals surface area contributed by atoms with Gasteiger partial charge >= 0.3 is 0 Å². The standard InChI is InChI=1S/C18H19N3OS/c22-17-8-4-7-15-9-13-10-16(21(15)17)12-20(11-13)18(23)19-14-5-2-1-3-6-14/h1-8,13,16H,9-12H2,(H,19,23)/t13-,16+/m1/s1. The second-order valence-corrected chi connectivity index (χ2v) is 6.77. The minimum Gasteiger partial charge on any atom is -0.347 e. The van der Waals surface area contributed by atoms with Crippen LogP contribution in [-0.4, -0.2) is 27.7 Å². The highest BCUT2D eigenvalue weighted by molar-refractivity contribution is 7.80. The fourth-order valence-corrected chi connectivity index (χ4v) is 4.09. The molecule has 1 aromatic heterocycles. The molecule has 4 rings (SSSR count). The molecule has 1 saturated heterocycles. The molecular formula is C18H19N3OS. The summed E-state index contributed by atoms with van der Waals surface area (Å²) in [4.78, 5) is 14.4. The first-order valence-corrected chi connectivity index (χ1v) is 8.43. The molecule has 2 aliphatic rings. The van der Waals surface area contributed by atoms with Crippen LogP contribution < -0.4 is 10.9 Å². The van der Waals surface area contributed by atoms with Crippen LogP contribution in [0.3, 0.4) is 0 Å². The van der Waals surface area contributed by atoms with Gasteiger partial charge in [0, 0.05) is 30.5 Å². The predicted molar refractivity (Wildman–Crippen MR) is 95.8 cm³/mol. The fraction of sp³-hybridized carbons (Fsp3) is 0.333. The Labute approximate surface area is 140 Å². The molecule has 1 N–H and O–H groups in total. The van der Waals surface area contributed by atoms with Crippen molar-refractivity contribution in [3.05, 3.63) is 64.6 Å². The maximum atomic E-state index is 12.2. The number of aromatic nitrogens is 1. The second kappa shape index (κ2) is 5.81. The van der Waals surface area contributed by atoms with Gasteiger partial charge in [-0.1, -0.05) is 24.3 Å². The summed E-state index contributed by atoms with van der Waals surface area (Å²) in [5.74, 6) is 0.561. The number of fused-ring (bicyclic) bond motifs is 4. The van der Waals surface area contributed by atoms with Gasteiger partial charge in [-0.05, 0) is 49.2 Å². The van der Waals surface area contributed by atoms with E-state index in [1.165, 1.54) is 5.69 Å². The molecule has 1 fully saturated rings. The molecule has 23 heavy (non-hydrogen) atoms. The Morgan fingerprint density at radius 1 is 1.09 bits per heavy atom. The molecule has 2 bridgehead atoms. The van der Waals surface area contributed by atoms with Crippen molar-refractivity contribution in [3.8, 4) is 0 Å². The zero-order valence-corrected chi connectivity index (χ0v) is 13.6. The molecule has 0 spiro atoms. The van der Waals surface area contributed by atoms with Crippen LogP contribution in [0.25, 0.3) is 0 Å². The van der Waals surface area contributed by atoms with Gasteiger partial charge in [-0.2, -0.15) is 0 Å². The number of piperidine rings is 1. The van der Waals surface area contributed by atoms with Crippen LogP contribution in [0.2, 0.25) is 0 Å². The Bertz CT molecular complexity index is 786. The maximum absolute atomic E-state index is 12.2. The summed E-state index contributed by atoms with van der Waals surface area (Å²) in [5, 5.41) is 4.06. The van der Waals surface area contributed by atoms with Crippen LogP contribution in [0, 0.1) is 5.92 Å². The minimum absolute atomic E-state index is 0.106. The number of hydrogen-bond acceptors (Lipinski definition) is 2. The predicted octanol–water partition coefficient (Wildman–Crippen LogP) is 2.66. The Hall–Kier alpha value is -2.14. The number of likely N-dealkylation sites (tertiary alicyclic amines) is 1. The highest BCUT2D eigenvalue weighted by Gasteiger charge is 2.35. The summed E-state index contributed by atoms with van der Waals surface area (Å²) in [7, 11) is 0. The molecule has 0 unspecified atom stereocenters. The van der Waals surface area contributed by atoms with Gasteiger partial charge < -0.3 is 14.8 Å². The number of anilines is 1. The molecule has 0 saturated carbocycles. The summed E-state index contributed by atoms with van der Waals surface area (Å²) in [6.45, 7) is 1.75. The molecule has 118 valence electrons. The Kier molecular flexibility index (Phi) is 3.65. The molecule has 4 nitrogen and oxygen atoms in total. The maximum Gasteiger partial charge on any atom is 0.251 e. The number of benzene rings is 1. The van der Waals surface area contributed by atoms with Crippen molar-refractivity contribution in [2.75, 3.05) is 18.4 Å². The summed E-state index contributed by atoms with van der Waals surface area (Å²) < 4.78 is 1.97. The molecule has 1 aromatic carbocycles. The number of hydrogen-bond donors (Lipinski definition) is 1. The van der Waals surface area contributed by atoms with Gasteiger partial charge in [0.05, 0.1) is 6.04 Å². The first kappa shape index (κ1) is 14.5. The lowest BCUT2D eigenvalue weighted by Crippen LogP contribution is -2.51. The Balaban J connectivity index is 1.55. The molecular weight excluding hydrogens is 306 g/mol. The number of para-hydroxylation sites is 1. The molecule has 0 amide bonds. The van der Waals surface area contributed by atoms with E-state index in [0.29, 0.717) is 5.92 Å². The van der Waals surface area contributed by atoms with E-state index in [-0.39, 0.29) is 11.6 Å². The SMILES string of the molecule is O=c1cccc2n1[C@H]1C[C@@H](C2)CN(C(=S)Nc2ccccc2)C1. The molecule has 0 aliphatic carbocycles. The number of pyridine rings is 1. The van der Waals surface area contributed by atoms with Crippen LogP contribution >= 0.6 is 12.2 Å². The lowest BCUT2D eigenvalue weighted by Gasteiger charge is -2.44. The van der Waals surface area contributed by atoms with Gasteiger partial charge in [0.1, 0.15) is 0 Å². The van der Waals surface area contributed by atoms with Crippen LogP contribution in [0.1, 0.15) is 18.2 Å². The molecule has 5 heteroatoms.